The van der Waals surface area contributed by atoms with Crippen molar-refractivity contribution in [3.05, 3.63) is 48.3 Å². The normalized spacial score (nSPS) is 23.6. The Morgan fingerprint density at radius 1 is 1.36 bits per heavy atom. The molecule has 3 heterocycles. The first kappa shape index (κ1) is 26.4. The van der Waals surface area contributed by atoms with E-state index in [4.69, 9.17) is 4.74 Å². The summed E-state index contributed by atoms with van der Waals surface area (Å²) >= 11 is 4.59. The number of carbonyl (C=O) groups excluding carboxylic acids is 1. The van der Waals surface area contributed by atoms with Crippen LogP contribution in [-0.4, -0.2) is 72.9 Å². The first-order valence-corrected chi connectivity index (χ1v) is 12.0. The average molecular weight is 525 g/mol. The van der Waals surface area contributed by atoms with Gasteiger partial charge in [0.2, 0.25) is 5.91 Å². The maximum Gasteiger partial charge on any atom is 0.417 e. The number of amides is 1. The molecule has 2 atom stereocenters. The van der Waals surface area contributed by atoms with Crippen molar-refractivity contribution in [2.75, 3.05) is 45.2 Å². The number of thiol groups is 1. The van der Waals surface area contributed by atoms with Gasteiger partial charge in [-0.3, -0.25) is 4.79 Å². The molecule has 2 saturated heterocycles. The second kappa shape index (κ2) is 10.4. The van der Waals surface area contributed by atoms with Crippen LogP contribution in [0.15, 0.2) is 36.9 Å². The summed E-state index contributed by atoms with van der Waals surface area (Å²) < 4.78 is 60.8. The highest BCUT2D eigenvalue weighted by atomic mass is 32.1. The van der Waals surface area contributed by atoms with E-state index in [1.807, 2.05) is 11.9 Å². The second-order valence-electron chi connectivity index (χ2n) is 9.18. The molecule has 1 amide bonds. The predicted octanol–water partition coefficient (Wildman–Crippen LogP) is 4.30. The molecule has 6 nitrogen and oxygen atoms in total. The van der Waals surface area contributed by atoms with Crippen molar-refractivity contribution in [1.82, 2.24) is 15.2 Å². The number of piperidine rings is 1. The Bertz CT molecular complexity index is 1180. The minimum atomic E-state index is -4.69. The molecule has 2 aromatic rings. The van der Waals surface area contributed by atoms with Crippen molar-refractivity contribution >= 4 is 46.6 Å². The molecule has 11 heteroatoms. The smallest absolute Gasteiger partial charge is 0.380 e. The fourth-order valence-corrected chi connectivity index (χ4v) is 4.44. The number of aromatic nitrogens is 1. The summed E-state index contributed by atoms with van der Waals surface area (Å²) in [5, 5.41) is 6.54. The Balaban J connectivity index is 1.68. The van der Waals surface area contributed by atoms with Gasteiger partial charge in [0, 0.05) is 36.1 Å². The van der Waals surface area contributed by atoms with Crippen molar-refractivity contribution in [3.63, 3.8) is 0 Å². The first-order valence-electron chi connectivity index (χ1n) is 11.5. The lowest BCUT2D eigenvalue weighted by Gasteiger charge is -2.41. The van der Waals surface area contributed by atoms with Crippen molar-refractivity contribution in [2.24, 2.45) is 5.92 Å². The van der Waals surface area contributed by atoms with Crippen LogP contribution < -0.4 is 10.6 Å². The maximum atomic E-state index is 15.0. The number of fused-ring (bicyclic) bond motifs is 1. The van der Waals surface area contributed by atoms with Crippen LogP contribution in [0.1, 0.15) is 17.8 Å². The third-order valence-electron chi connectivity index (χ3n) is 6.43. The van der Waals surface area contributed by atoms with Crippen molar-refractivity contribution in [2.45, 2.75) is 23.6 Å². The fourth-order valence-electron chi connectivity index (χ4n) is 4.13. The molecule has 1 aromatic carbocycles. The van der Waals surface area contributed by atoms with E-state index in [1.54, 1.807) is 24.3 Å². The third kappa shape index (κ3) is 5.68. The molecule has 0 bridgehead atoms. The lowest BCUT2D eigenvalue weighted by atomic mass is 9.99. The summed E-state index contributed by atoms with van der Waals surface area (Å²) in [4.78, 5) is 16.8. The number of allylic oxidation sites excluding steroid dienone is 1. The van der Waals surface area contributed by atoms with Crippen molar-refractivity contribution in [3.8, 4) is 0 Å². The number of benzene rings is 1. The van der Waals surface area contributed by atoms with Crippen LogP contribution in [0.25, 0.3) is 22.4 Å². The van der Waals surface area contributed by atoms with Crippen LogP contribution in [0.5, 0.6) is 0 Å². The Kier molecular flexibility index (Phi) is 7.63. The molecule has 0 saturated carbocycles. The molecule has 2 aliphatic heterocycles. The number of likely N-dealkylation sites (tertiary alicyclic amines) is 1. The van der Waals surface area contributed by atoms with E-state index in [2.05, 4.69) is 34.8 Å². The minimum absolute atomic E-state index is 0.145. The summed E-state index contributed by atoms with van der Waals surface area (Å²) in [5.41, 5.74) is -0.707. The summed E-state index contributed by atoms with van der Waals surface area (Å²) in [6, 6.07) is 6.43. The molecule has 2 fully saturated rings. The molecule has 0 unspecified atom stereocenters. The number of ether oxygens (including phenoxy) is 1. The number of halogens is 4. The largest absolute Gasteiger partial charge is 0.417 e. The topological polar surface area (TPSA) is 66.5 Å². The number of nitrogens with zero attached hydrogens (tertiary/aromatic N) is 2. The maximum absolute atomic E-state index is 15.0. The van der Waals surface area contributed by atoms with E-state index in [0.29, 0.717) is 37.3 Å². The molecule has 2 N–H and O–H groups in total. The number of hydrogen-bond acceptors (Lipinski definition) is 6. The van der Waals surface area contributed by atoms with Crippen LogP contribution in [-0.2, 0) is 9.53 Å². The monoisotopic (exact) mass is 524 g/mol. The molecular weight excluding hydrogens is 496 g/mol. The minimum Gasteiger partial charge on any atom is -0.380 e. The highest BCUT2D eigenvalue weighted by Gasteiger charge is 2.40. The number of pyridine rings is 1. The summed E-state index contributed by atoms with van der Waals surface area (Å²) in [6.07, 6.45) is -2.45. The van der Waals surface area contributed by atoms with Gasteiger partial charge in [-0.1, -0.05) is 24.8 Å². The van der Waals surface area contributed by atoms with E-state index in [1.165, 1.54) is 12.1 Å². The molecule has 0 aliphatic carbocycles. The van der Waals surface area contributed by atoms with Crippen LogP contribution in [0.3, 0.4) is 0 Å². The fraction of sp³-hybridized carbons (Fsp3) is 0.440. The van der Waals surface area contributed by atoms with Gasteiger partial charge in [0.15, 0.2) is 0 Å². The lowest BCUT2D eigenvalue weighted by molar-refractivity contribution is -0.138. The molecule has 0 radical (unpaired) electrons. The Labute approximate surface area is 212 Å². The van der Waals surface area contributed by atoms with Gasteiger partial charge in [-0.15, -0.1) is 12.6 Å². The summed E-state index contributed by atoms with van der Waals surface area (Å²) in [6.45, 7) is 4.98. The molecule has 36 heavy (non-hydrogen) atoms. The van der Waals surface area contributed by atoms with Crippen LogP contribution in [0, 0.1) is 5.92 Å². The van der Waals surface area contributed by atoms with Crippen molar-refractivity contribution < 1.29 is 27.1 Å². The molecule has 2 aliphatic rings. The van der Waals surface area contributed by atoms with Crippen LogP contribution in [0.4, 0.5) is 23.2 Å². The van der Waals surface area contributed by atoms with Gasteiger partial charge >= 0.3 is 6.18 Å². The van der Waals surface area contributed by atoms with Gasteiger partial charge < -0.3 is 20.3 Å². The quantitative estimate of drug-likeness (QED) is 0.287. The first-order chi connectivity index (χ1) is 17.0. The Morgan fingerprint density at radius 3 is 2.75 bits per heavy atom. The lowest BCUT2D eigenvalue weighted by Crippen LogP contribution is -2.53. The third-order valence-corrected chi connectivity index (χ3v) is 7.05. The summed E-state index contributed by atoms with van der Waals surface area (Å²) in [7, 11) is 1.82. The standard InChI is InChI=1S/C25H28F4N4O2S/c1-15(25(27,28)29)22-18-6-3-7-20(32-24(36)8-10-33(2)12-21(24)26)19(18)11-17(31-22)5-4-9-30-23(34)16-13-35-14-16/h3-7,11,16,21,32,36H,1,8-10,12-14H2,2H3,(H,30,34)/b5-4+/t21-,24+/m0/s1. The number of hydrogen-bond donors (Lipinski definition) is 3. The van der Waals surface area contributed by atoms with Gasteiger partial charge in [0.25, 0.3) is 0 Å². The highest BCUT2D eigenvalue weighted by Crippen LogP contribution is 2.39. The molecule has 0 spiro atoms. The highest BCUT2D eigenvalue weighted by molar-refractivity contribution is 7.82. The number of anilines is 1. The van der Waals surface area contributed by atoms with E-state index < -0.39 is 22.8 Å². The molecule has 194 valence electrons. The van der Waals surface area contributed by atoms with Gasteiger partial charge in [-0.2, -0.15) is 13.2 Å². The number of rotatable bonds is 7. The average Bonchev–Trinajstić information content (AvgIpc) is 2.77. The molecule has 4 rings (SSSR count). The zero-order valence-electron chi connectivity index (χ0n) is 19.7. The number of alkyl halides is 4. The molecule has 1 aromatic heterocycles. The Morgan fingerprint density at radius 2 is 2.11 bits per heavy atom. The zero-order chi connectivity index (χ0) is 26.1. The summed E-state index contributed by atoms with van der Waals surface area (Å²) in [5.74, 6) is -0.326. The van der Waals surface area contributed by atoms with E-state index in [0.717, 1.165) is 0 Å². The van der Waals surface area contributed by atoms with Crippen LogP contribution >= 0.6 is 12.6 Å². The Hall–Kier alpha value is -2.63. The van der Waals surface area contributed by atoms with E-state index >= 15 is 0 Å². The van der Waals surface area contributed by atoms with Crippen molar-refractivity contribution in [1.29, 1.82) is 0 Å². The number of carbonyl (C=O) groups is 1. The predicted molar refractivity (Wildman–Crippen MR) is 136 cm³/mol. The SMILES string of the molecule is C=C(c1nc(/C=C/CNC(=O)C2COC2)cc2c(N[C@@]3(S)CCN(C)C[C@@H]3F)cccc12)C(F)(F)F. The second-order valence-corrected chi connectivity index (χ2v) is 9.98. The zero-order valence-corrected chi connectivity index (χ0v) is 20.6. The van der Waals surface area contributed by atoms with Gasteiger partial charge in [-0.05, 0) is 31.7 Å². The van der Waals surface area contributed by atoms with Gasteiger partial charge in [0.05, 0.1) is 36.1 Å². The van der Waals surface area contributed by atoms with E-state index in [-0.39, 0.29) is 41.7 Å². The number of nitrogens with one attached hydrogen (secondary N) is 2. The van der Waals surface area contributed by atoms with Gasteiger partial charge in [-0.25, -0.2) is 9.37 Å². The molecular formula is C25H28F4N4O2S. The van der Waals surface area contributed by atoms with Crippen LogP contribution in [0.2, 0.25) is 0 Å². The van der Waals surface area contributed by atoms with E-state index in [9.17, 15) is 22.4 Å². The van der Waals surface area contributed by atoms with Gasteiger partial charge in [0.1, 0.15) is 11.0 Å².